The van der Waals surface area contributed by atoms with Gasteiger partial charge in [0.25, 0.3) is 5.56 Å². The van der Waals surface area contributed by atoms with E-state index in [2.05, 4.69) is 24.4 Å². The van der Waals surface area contributed by atoms with Crippen molar-refractivity contribution in [1.29, 1.82) is 0 Å². The Kier molecular flexibility index (Phi) is 3.62. The molecule has 0 radical (unpaired) electrons. The summed E-state index contributed by atoms with van der Waals surface area (Å²) in [7, 11) is 3.22. The Morgan fingerprint density at radius 2 is 1.82 bits per heavy atom. The van der Waals surface area contributed by atoms with Gasteiger partial charge in [-0.15, -0.1) is 0 Å². The van der Waals surface area contributed by atoms with Crippen molar-refractivity contribution in [1.82, 2.24) is 9.13 Å². The van der Waals surface area contributed by atoms with Gasteiger partial charge in [-0.3, -0.25) is 13.9 Å². The smallest absolute Gasteiger partial charge is 0.324 e. The number of aromatic nitrogens is 2. The van der Waals surface area contributed by atoms with Crippen LogP contribution in [0.15, 0.2) is 39.9 Å². The van der Waals surface area contributed by atoms with E-state index in [1.165, 1.54) is 26.6 Å². The van der Waals surface area contributed by atoms with Crippen LogP contribution < -0.4 is 21.5 Å². The van der Waals surface area contributed by atoms with Crippen LogP contribution in [0.4, 0.5) is 5.82 Å². The number of quaternary nitrogens is 1. The Morgan fingerprint density at radius 3 is 2.50 bits per heavy atom. The van der Waals surface area contributed by atoms with E-state index >= 15 is 0 Å². The van der Waals surface area contributed by atoms with Gasteiger partial charge in [-0.1, -0.05) is 30.3 Å². The van der Waals surface area contributed by atoms with Gasteiger partial charge in [0.05, 0.1) is 0 Å². The summed E-state index contributed by atoms with van der Waals surface area (Å²) in [5, 5.41) is 3.25. The lowest BCUT2D eigenvalue weighted by Gasteiger charge is -2.32. The van der Waals surface area contributed by atoms with E-state index in [1.807, 2.05) is 18.2 Å². The fourth-order valence-corrected chi connectivity index (χ4v) is 3.07. The zero-order valence-corrected chi connectivity index (χ0v) is 13.1. The molecule has 6 heteroatoms. The molecule has 0 fully saturated rings. The number of nitrogens with zero attached hydrogens (tertiary/aromatic N) is 2. The van der Waals surface area contributed by atoms with E-state index in [1.54, 1.807) is 7.05 Å². The van der Waals surface area contributed by atoms with E-state index in [0.717, 1.165) is 0 Å². The first-order chi connectivity index (χ1) is 10.5. The number of hydrogen-bond donors (Lipinski definition) is 2. The fraction of sp³-hybridized carbons (Fsp3) is 0.375. The molecule has 3 rings (SSSR count). The molecule has 6 nitrogen and oxygen atoms in total. The molecule has 1 aliphatic rings. The Morgan fingerprint density at radius 1 is 1.14 bits per heavy atom. The predicted octanol–water partition coefficient (Wildman–Crippen LogP) is -0.387. The Balaban J connectivity index is 1.98. The molecule has 1 unspecified atom stereocenters. The van der Waals surface area contributed by atoms with Crippen molar-refractivity contribution in [2.75, 3.05) is 12.0 Å². The molecule has 22 heavy (non-hydrogen) atoms. The standard InChI is InChI=1S/C16H20N4O2/c1-11(12-7-5-4-6-8-12)20-9-13-14(17-10-20)18(2)16(22)19(3)15(13)21/h4-8,11,17H,9-10H2,1-3H3/p+1/t11-/m1/s1. The Hall–Kier alpha value is -2.34. The average molecular weight is 301 g/mol. The molecule has 2 heterocycles. The average Bonchev–Trinajstić information content (AvgIpc) is 2.57. The second kappa shape index (κ2) is 5.46. The largest absolute Gasteiger partial charge is 0.332 e. The van der Waals surface area contributed by atoms with Gasteiger partial charge in [-0.25, -0.2) is 4.79 Å². The van der Waals surface area contributed by atoms with E-state index in [4.69, 9.17) is 0 Å². The highest BCUT2D eigenvalue weighted by Crippen LogP contribution is 2.13. The highest BCUT2D eigenvalue weighted by Gasteiger charge is 2.29. The molecule has 0 amide bonds. The second-order valence-corrected chi connectivity index (χ2v) is 5.85. The van der Waals surface area contributed by atoms with Gasteiger partial charge in [0.15, 0.2) is 6.67 Å². The van der Waals surface area contributed by atoms with E-state index in [-0.39, 0.29) is 17.3 Å². The van der Waals surface area contributed by atoms with Crippen LogP contribution in [0.2, 0.25) is 0 Å². The van der Waals surface area contributed by atoms with Crippen molar-refractivity contribution in [2.24, 2.45) is 14.1 Å². The minimum absolute atomic E-state index is 0.205. The maximum atomic E-state index is 12.4. The third kappa shape index (κ3) is 2.25. The maximum absolute atomic E-state index is 12.4. The van der Waals surface area contributed by atoms with Gasteiger partial charge in [-0.05, 0) is 6.92 Å². The molecular formula is C16H21N4O2+. The lowest BCUT2D eigenvalue weighted by Crippen LogP contribution is -3.12. The topological polar surface area (TPSA) is 60.5 Å². The molecule has 0 spiro atoms. The molecular weight excluding hydrogens is 280 g/mol. The summed E-state index contributed by atoms with van der Waals surface area (Å²) < 4.78 is 2.69. The summed E-state index contributed by atoms with van der Waals surface area (Å²) in [6, 6.07) is 10.5. The van der Waals surface area contributed by atoms with E-state index in [9.17, 15) is 9.59 Å². The Labute approximate surface area is 128 Å². The fourth-order valence-electron chi connectivity index (χ4n) is 3.07. The van der Waals surface area contributed by atoms with Gasteiger partial charge in [0.2, 0.25) is 0 Å². The molecule has 0 bridgehead atoms. The minimum Gasteiger partial charge on any atom is -0.324 e. The van der Waals surface area contributed by atoms with Crippen LogP contribution in [0, 0.1) is 0 Å². The molecule has 2 N–H and O–H groups in total. The van der Waals surface area contributed by atoms with Crippen LogP contribution in [0.25, 0.3) is 0 Å². The summed E-state index contributed by atoms with van der Waals surface area (Å²) in [6.45, 7) is 3.45. The zero-order valence-electron chi connectivity index (χ0n) is 13.1. The zero-order chi connectivity index (χ0) is 15.9. The first-order valence-corrected chi connectivity index (χ1v) is 7.43. The summed E-state index contributed by atoms with van der Waals surface area (Å²) in [5.41, 5.74) is 1.41. The number of hydrogen-bond acceptors (Lipinski definition) is 3. The van der Waals surface area contributed by atoms with Gasteiger partial charge in [-0.2, -0.15) is 0 Å². The van der Waals surface area contributed by atoms with Crippen molar-refractivity contribution >= 4 is 5.82 Å². The highest BCUT2D eigenvalue weighted by atomic mass is 16.2. The summed E-state index contributed by atoms with van der Waals surface area (Å²) in [6.07, 6.45) is 0. The van der Waals surface area contributed by atoms with Gasteiger partial charge in [0, 0.05) is 19.7 Å². The molecule has 0 aliphatic carbocycles. The van der Waals surface area contributed by atoms with Crippen molar-refractivity contribution < 1.29 is 4.90 Å². The summed E-state index contributed by atoms with van der Waals surface area (Å²) >= 11 is 0. The van der Waals surface area contributed by atoms with Crippen molar-refractivity contribution in [3.8, 4) is 0 Å². The van der Waals surface area contributed by atoms with Gasteiger partial charge < -0.3 is 10.2 Å². The number of fused-ring (bicyclic) bond motifs is 1. The van der Waals surface area contributed by atoms with Crippen LogP contribution >= 0.6 is 0 Å². The summed E-state index contributed by atoms with van der Waals surface area (Å²) in [4.78, 5) is 25.6. The molecule has 0 saturated heterocycles. The molecule has 2 atom stereocenters. The van der Waals surface area contributed by atoms with Crippen LogP contribution in [0.1, 0.15) is 24.1 Å². The van der Waals surface area contributed by atoms with Crippen LogP contribution in [0.3, 0.4) is 0 Å². The molecule has 2 aromatic rings. The number of rotatable bonds is 2. The van der Waals surface area contributed by atoms with Crippen LogP contribution in [0.5, 0.6) is 0 Å². The molecule has 0 saturated carbocycles. The van der Waals surface area contributed by atoms with Gasteiger partial charge in [0.1, 0.15) is 24.0 Å². The first-order valence-electron chi connectivity index (χ1n) is 7.43. The lowest BCUT2D eigenvalue weighted by atomic mass is 10.1. The number of benzene rings is 1. The minimum atomic E-state index is -0.296. The van der Waals surface area contributed by atoms with Crippen molar-refractivity contribution in [3.05, 3.63) is 62.3 Å². The first kappa shape index (κ1) is 14.6. The lowest BCUT2D eigenvalue weighted by molar-refractivity contribution is -0.941. The normalized spacial score (nSPS) is 18.4. The number of nitrogens with one attached hydrogen (secondary N) is 2. The predicted molar refractivity (Wildman–Crippen MR) is 84.9 cm³/mol. The quantitative estimate of drug-likeness (QED) is 0.794. The second-order valence-electron chi connectivity index (χ2n) is 5.85. The van der Waals surface area contributed by atoms with Gasteiger partial charge >= 0.3 is 5.69 Å². The molecule has 1 aromatic heterocycles. The summed E-state index contributed by atoms with van der Waals surface area (Å²) in [5.74, 6) is 0.650. The third-order valence-corrected chi connectivity index (χ3v) is 4.56. The van der Waals surface area contributed by atoms with Crippen LogP contribution in [-0.4, -0.2) is 15.8 Å². The Bertz CT molecular complexity index is 807. The maximum Gasteiger partial charge on any atom is 0.332 e. The highest BCUT2D eigenvalue weighted by molar-refractivity contribution is 5.44. The molecule has 1 aliphatic heterocycles. The van der Waals surface area contributed by atoms with E-state index in [0.29, 0.717) is 24.6 Å². The van der Waals surface area contributed by atoms with Crippen molar-refractivity contribution in [3.63, 3.8) is 0 Å². The molecule has 1 aromatic carbocycles. The third-order valence-electron chi connectivity index (χ3n) is 4.56. The SMILES string of the molecule is C[C@H](c1ccccc1)[NH+]1CNc2c(c(=O)n(C)c(=O)n2C)C1. The monoisotopic (exact) mass is 301 g/mol. The molecule has 116 valence electrons. The van der Waals surface area contributed by atoms with Crippen LogP contribution in [-0.2, 0) is 20.6 Å². The van der Waals surface area contributed by atoms with E-state index < -0.39 is 0 Å². The number of anilines is 1. The van der Waals surface area contributed by atoms with Crippen molar-refractivity contribution in [2.45, 2.75) is 19.5 Å².